The Morgan fingerprint density at radius 3 is 2.57 bits per heavy atom. The largest absolute Gasteiger partial charge is 0.493 e. The number of anilines is 1. The van der Waals surface area contributed by atoms with Crippen molar-refractivity contribution in [3.8, 4) is 28.7 Å². The van der Waals surface area contributed by atoms with Crippen molar-refractivity contribution in [1.82, 2.24) is 20.0 Å². The molecule has 1 atom stereocenters. The van der Waals surface area contributed by atoms with Crippen molar-refractivity contribution in [3.05, 3.63) is 64.9 Å². The molecule has 190 valence electrons. The molecule has 2 amide bonds. The van der Waals surface area contributed by atoms with Crippen molar-refractivity contribution in [2.24, 2.45) is 5.92 Å². The van der Waals surface area contributed by atoms with E-state index in [4.69, 9.17) is 14.0 Å². The van der Waals surface area contributed by atoms with Crippen molar-refractivity contribution in [1.29, 1.82) is 0 Å². The minimum absolute atomic E-state index is 0.0565. The van der Waals surface area contributed by atoms with Gasteiger partial charge in [-0.2, -0.15) is 4.98 Å². The highest BCUT2D eigenvalue weighted by Gasteiger charge is 2.29. The highest BCUT2D eigenvalue weighted by atomic mass is 32.1. The molecule has 1 aliphatic rings. The van der Waals surface area contributed by atoms with Crippen LogP contribution in [0.15, 0.2) is 52.4 Å². The third-order valence-electron chi connectivity index (χ3n) is 5.84. The van der Waals surface area contributed by atoms with E-state index in [0.717, 1.165) is 17.7 Å². The molecule has 1 unspecified atom stereocenters. The molecule has 4 aromatic rings. The molecule has 11 heteroatoms. The first-order chi connectivity index (χ1) is 17.8. The van der Waals surface area contributed by atoms with Gasteiger partial charge in [0.1, 0.15) is 17.2 Å². The van der Waals surface area contributed by atoms with E-state index in [0.29, 0.717) is 46.2 Å². The Morgan fingerprint density at radius 2 is 1.92 bits per heavy atom. The lowest BCUT2D eigenvalue weighted by Gasteiger charge is -2.14. The van der Waals surface area contributed by atoms with E-state index in [1.54, 1.807) is 49.2 Å². The molecule has 37 heavy (non-hydrogen) atoms. The van der Waals surface area contributed by atoms with Crippen LogP contribution >= 0.6 is 11.3 Å². The number of carbonyl (C=O) groups is 2. The molecule has 5 rings (SSSR count). The fourth-order valence-electron chi connectivity index (χ4n) is 3.89. The van der Waals surface area contributed by atoms with E-state index in [-0.39, 0.29) is 24.3 Å². The molecule has 0 saturated carbocycles. The van der Waals surface area contributed by atoms with E-state index in [2.05, 4.69) is 20.4 Å². The lowest BCUT2D eigenvalue weighted by molar-refractivity contribution is -0.130. The Bertz CT molecular complexity index is 1430. The molecule has 0 aliphatic carbocycles. The summed E-state index contributed by atoms with van der Waals surface area (Å²) in [6.07, 6.45) is 0.730. The van der Waals surface area contributed by atoms with Crippen LogP contribution in [0.1, 0.15) is 28.3 Å². The minimum Gasteiger partial charge on any atom is -0.493 e. The summed E-state index contributed by atoms with van der Waals surface area (Å²) in [5, 5.41) is 8.98. The average Bonchev–Trinajstić information content (AvgIpc) is 3.59. The maximum atomic E-state index is 13.0. The van der Waals surface area contributed by atoms with Crippen LogP contribution in [0.5, 0.6) is 17.2 Å². The Kier molecular flexibility index (Phi) is 6.87. The van der Waals surface area contributed by atoms with Gasteiger partial charge in [-0.05, 0) is 56.7 Å². The molecule has 0 bridgehead atoms. The number of nitrogens with zero attached hydrogens (tertiary/aromatic N) is 4. The molecular formula is C26H25N5O5S. The zero-order chi connectivity index (χ0) is 25.9. The third-order valence-corrected chi connectivity index (χ3v) is 6.71. The Hall–Kier alpha value is -4.25. The van der Waals surface area contributed by atoms with Gasteiger partial charge in [0.05, 0.1) is 18.2 Å². The predicted molar refractivity (Wildman–Crippen MR) is 137 cm³/mol. The van der Waals surface area contributed by atoms with E-state index >= 15 is 0 Å². The van der Waals surface area contributed by atoms with Crippen molar-refractivity contribution >= 4 is 28.3 Å². The van der Waals surface area contributed by atoms with E-state index in [9.17, 15) is 9.59 Å². The molecule has 1 aliphatic heterocycles. The molecule has 1 fully saturated rings. The number of ether oxygens (including phenoxy) is 2. The zero-order valence-corrected chi connectivity index (χ0v) is 21.4. The second kappa shape index (κ2) is 10.4. The summed E-state index contributed by atoms with van der Waals surface area (Å²) >= 11 is 1.35. The van der Waals surface area contributed by atoms with Gasteiger partial charge in [0, 0.05) is 36.2 Å². The standard InChI is InChI=1S/C26H25N5O5S/c1-15-14-37-26(27-15)29-23(32)19-10-21(34-13-18-8-9-31(3)25(18)33)12-22(11-19)35-20-6-4-17(5-7-20)24-28-16(2)30-36-24/h4-7,10-12,14,18H,8-9,13H2,1-3H3,(H,27,29,32). The van der Waals surface area contributed by atoms with Crippen molar-refractivity contribution in [2.75, 3.05) is 25.5 Å². The number of rotatable bonds is 8. The van der Waals surface area contributed by atoms with Crippen molar-refractivity contribution in [3.63, 3.8) is 0 Å². The number of hydrogen-bond donors (Lipinski definition) is 1. The first kappa shape index (κ1) is 24.4. The first-order valence-electron chi connectivity index (χ1n) is 11.7. The Morgan fingerprint density at radius 1 is 1.14 bits per heavy atom. The van der Waals surface area contributed by atoms with Crippen LogP contribution in [0.4, 0.5) is 5.13 Å². The van der Waals surface area contributed by atoms with Gasteiger partial charge in [0.15, 0.2) is 11.0 Å². The van der Waals surface area contributed by atoms with Gasteiger partial charge >= 0.3 is 0 Å². The lowest BCUT2D eigenvalue weighted by atomic mass is 10.1. The summed E-state index contributed by atoms with van der Waals surface area (Å²) in [5.74, 6) is 1.86. The number of aromatic nitrogens is 3. The molecule has 2 aromatic carbocycles. The van der Waals surface area contributed by atoms with Crippen LogP contribution in [0, 0.1) is 19.8 Å². The maximum Gasteiger partial charge on any atom is 0.257 e. The highest BCUT2D eigenvalue weighted by molar-refractivity contribution is 7.13. The van der Waals surface area contributed by atoms with Crippen molar-refractivity contribution < 1.29 is 23.6 Å². The first-order valence-corrected chi connectivity index (χ1v) is 12.6. The molecule has 1 saturated heterocycles. The SMILES string of the molecule is Cc1csc(NC(=O)c2cc(OCC3CCN(C)C3=O)cc(Oc3ccc(-c4nc(C)no4)cc3)c2)n1. The summed E-state index contributed by atoms with van der Waals surface area (Å²) in [7, 11) is 1.78. The summed E-state index contributed by atoms with van der Waals surface area (Å²) in [6, 6.07) is 12.1. The lowest BCUT2D eigenvalue weighted by Crippen LogP contribution is -2.25. The number of nitrogens with one attached hydrogen (secondary N) is 1. The molecular weight excluding hydrogens is 494 g/mol. The number of carbonyl (C=O) groups excluding carboxylic acids is 2. The topological polar surface area (TPSA) is 120 Å². The number of benzene rings is 2. The fourth-order valence-corrected chi connectivity index (χ4v) is 4.57. The number of likely N-dealkylation sites (tertiary alicyclic amines) is 1. The van der Waals surface area contributed by atoms with Crippen LogP contribution in [0.3, 0.4) is 0 Å². The molecule has 0 radical (unpaired) electrons. The maximum absolute atomic E-state index is 13.0. The Labute approximate surface area is 217 Å². The van der Waals surface area contributed by atoms with E-state index in [1.165, 1.54) is 11.3 Å². The van der Waals surface area contributed by atoms with Crippen LogP contribution in [0.25, 0.3) is 11.5 Å². The minimum atomic E-state index is -0.344. The van der Waals surface area contributed by atoms with Crippen LogP contribution in [0.2, 0.25) is 0 Å². The summed E-state index contributed by atoms with van der Waals surface area (Å²) in [5.41, 5.74) is 1.93. The second-order valence-electron chi connectivity index (χ2n) is 8.77. The van der Waals surface area contributed by atoms with E-state index in [1.807, 2.05) is 24.4 Å². The second-order valence-corrected chi connectivity index (χ2v) is 9.63. The fraction of sp³-hybridized carbons (Fsp3) is 0.269. The van der Waals surface area contributed by atoms with Crippen LogP contribution in [-0.2, 0) is 4.79 Å². The number of aryl methyl sites for hydroxylation is 2. The third kappa shape index (κ3) is 5.78. The van der Waals surface area contributed by atoms with Gasteiger partial charge in [0.2, 0.25) is 5.91 Å². The van der Waals surface area contributed by atoms with Crippen LogP contribution < -0.4 is 14.8 Å². The van der Waals surface area contributed by atoms with Gasteiger partial charge in [-0.25, -0.2) is 4.98 Å². The van der Waals surface area contributed by atoms with Crippen LogP contribution in [-0.4, -0.2) is 52.0 Å². The molecule has 0 spiro atoms. The molecule has 2 aromatic heterocycles. The quantitative estimate of drug-likeness (QED) is 0.355. The van der Waals surface area contributed by atoms with E-state index < -0.39 is 0 Å². The van der Waals surface area contributed by atoms with Gasteiger partial charge in [0.25, 0.3) is 11.8 Å². The van der Waals surface area contributed by atoms with Gasteiger partial charge in [-0.1, -0.05) is 5.16 Å². The number of amides is 2. The molecule has 10 nitrogen and oxygen atoms in total. The van der Waals surface area contributed by atoms with Gasteiger partial charge < -0.3 is 18.9 Å². The predicted octanol–water partition coefficient (Wildman–Crippen LogP) is 4.71. The number of hydrogen-bond acceptors (Lipinski definition) is 9. The monoisotopic (exact) mass is 519 g/mol. The summed E-state index contributed by atoms with van der Waals surface area (Å²) in [4.78, 5) is 35.5. The zero-order valence-electron chi connectivity index (χ0n) is 20.6. The summed E-state index contributed by atoms with van der Waals surface area (Å²) < 4.78 is 17.2. The number of thiazole rings is 1. The van der Waals surface area contributed by atoms with Gasteiger partial charge in [-0.3, -0.25) is 14.9 Å². The van der Waals surface area contributed by atoms with Gasteiger partial charge in [-0.15, -0.1) is 11.3 Å². The average molecular weight is 520 g/mol. The summed E-state index contributed by atoms with van der Waals surface area (Å²) in [6.45, 7) is 4.54. The van der Waals surface area contributed by atoms with Crippen molar-refractivity contribution in [2.45, 2.75) is 20.3 Å². The smallest absolute Gasteiger partial charge is 0.257 e. The highest BCUT2D eigenvalue weighted by Crippen LogP contribution is 2.30. The molecule has 3 heterocycles. The molecule has 1 N–H and O–H groups in total. The Balaban J connectivity index is 1.36. The normalized spacial score (nSPS) is 15.2.